The van der Waals surface area contributed by atoms with Crippen LogP contribution in [0.3, 0.4) is 0 Å². The minimum atomic E-state index is -0.275. The van der Waals surface area contributed by atoms with E-state index in [1.807, 2.05) is 23.6 Å². The molecule has 0 fully saturated rings. The van der Waals surface area contributed by atoms with Crippen LogP contribution in [-0.4, -0.2) is 19.5 Å². The lowest BCUT2D eigenvalue weighted by Crippen LogP contribution is -2.09. The fourth-order valence-electron chi connectivity index (χ4n) is 2.89. The van der Waals surface area contributed by atoms with Crippen molar-refractivity contribution in [3.05, 3.63) is 78.1 Å². The van der Waals surface area contributed by atoms with Gasteiger partial charge in [0.15, 0.2) is 5.82 Å². The van der Waals surface area contributed by atoms with Crippen LogP contribution in [0.25, 0.3) is 16.9 Å². The van der Waals surface area contributed by atoms with E-state index in [1.165, 1.54) is 12.1 Å². The van der Waals surface area contributed by atoms with Gasteiger partial charge in [0.1, 0.15) is 18.0 Å². The maximum absolute atomic E-state index is 13.4. The van der Waals surface area contributed by atoms with E-state index in [1.54, 1.807) is 36.9 Å². The number of nitrogens with zero attached hydrogens (tertiary/aromatic N) is 5. The summed E-state index contributed by atoms with van der Waals surface area (Å²) >= 11 is 0. The highest BCUT2D eigenvalue weighted by Gasteiger charge is 2.10. The Morgan fingerprint density at radius 2 is 2.07 bits per heavy atom. The molecule has 0 saturated carbocycles. The van der Waals surface area contributed by atoms with Gasteiger partial charge in [0, 0.05) is 0 Å². The lowest BCUT2D eigenvalue weighted by Gasteiger charge is -2.15. The first-order valence-corrected chi connectivity index (χ1v) is 8.35. The van der Waals surface area contributed by atoms with Gasteiger partial charge in [-0.15, -0.1) is 0 Å². The molecule has 0 saturated heterocycles. The zero-order valence-electron chi connectivity index (χ0n) is 14.5. The van der Waals surface area contributed by atoms with Gasteiger partial charge in [0.25, 0.3) is 0 Å². The predicted octanol–water partition coefficient (Wildman–Crippen LogP) is 4.00. The fraction of sp³-hybridized carbons (Fsp3) is 0.100. The summed E-state index contributed by atoms with van der Waals surface area (Å²) in [5.74, 6) is 0.890. The number of hydrogen-bond acceptors (Lipinski definition) is 5. The van der Waals surface area contributed by atoms with E-state index in [0.717, 1.165) is 11.1 Å². The first-order chi connectivity index (χ1) is 13.1. The maximum Gasteiger partial charge on any atom is 0.159 e. The largest absolute Gasteiger partial charge is 0.362 e. The van der Waals surface area contributed by atoms with Crippen molar-refractivity contribution in [1.82, 2.24) is 19.5 Å². The molecule has 0 aliphatic rings. The Kier molecular flexibility index (Phi) is 4.22. The standard InChI is InChI=1S/C20H15FN6/c1-13(15-3-2-4-16(21)8-15)25-19-10-23-11-20(26-19)27-12-24-17-7-14(9-22)5-6-18(17)27/h2-8,10-13H,1H3,(H,25,26). The van der Waals surface area contributed by atoms with Crippen LogP contribution < -0.4 is 5.32 Å². The Hall–Kier alpha value is -3.79. The molecule has 0 bridgehead atoms. The predicted molar refractivity (Wildman–Crippen MR) is 99.8 cm³/mol. The molecule has 6 nitrogen and oxygen atoms in total. The summed E-state index contributed by atoms with van der Waals surface area (Å²) in [5, 5.41) is 12.3. The Morgan fingerprint density at radius 3 is 2.89 bits per heavy atom. The number of anilines is 1. The molecule has 0 amide bonds. The number of nitrogens with one attached hydrogen (secondary N) is 1. The first-order valence-electron chi connectivity index (χ1n) is 8.35. The van der Waals surface area contributed by atoms with E-state index in [0.29, 0.717) is 22.7 Å². The second-order valence-corrected chi connectivity index (χ2v) is 6.11. The summed E-state index contributed by atoms with van der Waals surface area (Å²) in [5.41, 5.74) is 2.92. The minimum Gasteiger partial charge on any atom is -0.362 e. The quantitative estimate of drug-likeness (QED) is 0.596. The first kappa shape index (κ1) is 16.7. The SMILES string of the molecule is CC(Nc1cncc(-n2cnc3cc(C#N)ccc32)n1)c1cccc(F)c1. The van der Waals surface area contributed by atoms with Crippen LogP contribution in [0, 0.1) is 17.1 Å². The van der Waals surface area contributed by atoms with Gasteiger partial charge < -0.3 is 5.32 Å². The molecule has 1 N–H and O–H groups in total. The molecule has 1 atom stereocenters. The molecule has 0 aliphatic heterocycles. The van der Waals surface area contributed by atoms with Gasteiger partial charge in [-0.25, -0.2) is 14.4 Å². The van der Waals surface area contributed by atoms with Crippen LogP contribution >= 0.6 is 0 Å². The van der Waals surface area contributed by atoms with Crippen LogP contribution in [0.4, 0.5) is 10.2 Å². The smallest absolute Gasteiger partial charge is 0.159 e. The van der Waals surface area contributed by atoms with Gasteiger partial charge >= 0.3 is 0 Å². The second-order valence-electron chi connectivity index (χ2n) is 6.11. The van der Waals surface area contributed by atoms with Crippen molar-refractivity contribution in [1.29, 1.82) is 5.26 Å². The van der Waals surface area contributed by atoms with Gasteiger partial charge in [0.2, 0.25) is 0 Å². The molecule has 1 unspecified atom stereocenters. The van der Waals surface area contributed by atoms with E-state index in [2.05, 4.69) is 26.3 Å². The van der Waals surface area contributed by atoms with Crippen LogP contribution in [0.2, 0.25) is 0 Å². The van der Waals surface area contributed by atoms with E-state index in [-0.39, 0.29) is 11.9 Å². The number of aromatic nitrogens is 4. The number of rotatable bonds is 4. The van der Waals surface area contributed by atoms with E-state index < -0.39 is 0 Å². The molecule has 4 rings (SSSR count). The molecular weight excluding hydrogens is 343 g/mol. The summed E-state index contributed by atoms with van der Waals surface area (Å²) in [7, 11) is 0. The number of fused-ring (bicyclic) bond motifs is 1. The molecule has 7 heteroatoms. The van der Waals surface area contributed by atoms with Crippen molar-refractivity contribution in [2.24, 2.45) is 0 Å². The van der Waals surface area contributed by atoms with Crippen LogP contribution in [0.15, 0.2) is 61.2 Å². The average Bonchev–Trinajstić information content (AvgIpc) is 3.11. The van der Waals surface area contributed by atoms with Crippen molar-refractivity contribution >= 4 is 16.9 Å². The fourth-order valence-corrected chi connectivity index (χ4v) is 2.89. The van der Waals surface area contributed by atoms with E-state index in [9.17, 15) is 4.39 Å². The number of hydrogen-bond donors (Lipinski definition) is 1. The van der Waals surface area contributed by atoms with Gasteiger partial charge in [-0.05, 0) is 42.8 Å². The maximum atomic E-state index is 13.4. The summed E-state index contributed by atoms with van der Waals surface area (Å²) in [6.07, 6.45) is 4.90. The van der Waals surface area contributed by atoms with Crippen molar-refractivity contribution in [2.75, 3.05) is 5.32 Å². The van der Waals surface area contributed by atoms with Crippen molar-refractivity contribution in [3.8, 4) is 11.9 Å². The van der Waals surface area contributed by atoms with Gasteiger partial charge in [0.05, 0.1) is 41.1 Å². The molecular formula is C20H15FN6. The Morgan fingerprint density at radius 1 is 1.19 bits per heavy atom. The monoisotopic (exact) mass is 358 g/mol. The third-order valence-electron chi connectivity index (χ3n) is 4.26. The average molecular weight is 358 g/mol. The molecule has 0 aliphatic carbocycles. The lowest BCUT2D eigenvalue weighted by atomic mass is 10.1. The summed E-state index contributed by atoms with van der Waals surface area (Å²) < 4.78 is 15.2. The van der Waals surface area contributed by atoms with E-state index in [4.69, 9.17) is 5.26 Å². The highest BCUT2D eigenvalue weighted by Crippen LogP contribution is 2.21. The number of benzene rings is 2. The molecule has 132 valence electrons. The van der Waals surface area contributed by atoms with Crippen LogP contribution in [-0.2, 0) is 0 Å². The Bertz CT molecular complexity index is 1160. The van der Waals surface area contributed by atoms with Crippen molar-refractivity contribution < 1.29 is 4.39 Å². The van der Waals surface area contributed by atoms with Crippen molar-refractivity contribution in [3.63, 3.8) is 0 Å². The molecule has 2 aromatic carbocycles. The summed E-state index contributed by atoms with van der Waals surface area (Å²) in [6.45, 7) is 1.93. The molecule has 0 radical (unpaired) electrons. The molecule has 2 aromatic heterocycles. The number of nitriles is 1. The Labute approximate surface area is 155 Å². The zero-order chi connectivity index (χ0) is 18.8. The van der Waals surface area contributed by atoms with Gasteiger partial charge in [-0.1, -0.05) is 12.1 Å². The van der Waals surface area contributed by atoms with Crippen LogP contribution in [0.5, 0.6) is 0 Å². The zero-order valence-corrected chi connectivity index (χ0v) is 14.5. The van der Waals surface area contributed by atoms with Crippen molar-refractivity contribution in [2.45, 2.75) is 13.0 Å². The summed E-state index contributed by atoms with van der Waals surface area (Å²) in [4.78, 5) is 13.2. The summed E-state index contributed by atoms with van der Waals surface area (Å²) in [6, 6.07) is 13.7. The third-order valence-corrected chi connectivity index (χ3v) is 4.26. The highest BCUT2D eigenvalue weighted by molar-refractivity contribution is 5.78. The third kappa shape index (κ3) is 3.33. The minimum absolute atomic E-state index is 0.136. The van der Waals surface area contributed by atoms with Gasteiger partial charge in [-0.2, -0.15) is 5.26 Å². The molecule has 4 aromatic rings. The van der Waals surface area contributed by atoms with E-state index >= 15 is 0 Å². The highest BCUT2D eigenvalue weighted by atomic mass is 19.1. The van der Waals surface area contributed by atoms with Gasteiger partial charge in [-0.3, -0.25) is 9.55 Å². The Balaban J connectivity index is 1.64. The normalized spacial score (nSPS) is 11.9. The van der Waals surface area contributed by atoms with Crippen LogP contribution in [0.1, 0.15) is 24.1 Å². The lowest BCUT2D eigenvalue weighted by molar-refractivity contribution is 0.623. The molecule has 0 spiro atoms. The molecule has 2 heterocycles. The number of halogens is 1. The molecule has 27 heavy (non-hydrogen) atoms. The second kappa shape index (κ2) is 6.84. The topological polar surface area (TPSA) is 79.4 Å². The number of imidazole rings is 1.